The maximum absolute atomic E-state index is 11.2. The van der Waals surface area contributed by atoms with Crippen LogP contribution in [0, 0.1) is 5.41 Å². The van der Waals surface area contributed by atoms with Crippen LogP contribution in [0.2, 0.25) is 0 Å². The van der Waals surface area contributed by atoms with Crippen LogP contribution in [0.15, 0.2) is 11.6 Å². The topological polar surface area (TPSA) is 37.3 Å². The summed E-state index contributed by atoms with van der Waals surface area (Å²) in [6, 6.07) is 0. The molecule has 2 rings (SSSR count). The lowest BCUT2D eigenvalue weighted by Crippen LogP contribution is -2.35. The molecule has 0 bridgehead atoms. The molecule has 13 heavy (non-hydrogen) atoms. The molecule has 0 unspecified atom stereocenters. The van der Waals surface area contributed by atoms with Crippen molar-refractivity contribution in [3.8, 4) is 0 Å². The Morgan fingerprint density at radius 3 is 3.08 bits per heavy atom. The van der Waals surface area contributed by atoms with Crippen LogP contribution < -0.4 is 0 Å². The van der Waals surface area contributed by atoms with E-state index in [-0.39, 0.29) is 17.3 Å². The summed E-state index contributed by atoms with van der Waals surface area (Å²) in [6.45, 7) is 2.17. The van der Waals surface area contributed by atoms with Crippen LogP contribution in [-0.2, 0) is 4.79 Å². The average molecular weight is 180 g/mol. The number of allylic oxidation sites excluding steroid dienone is 1. The summed E-state index contributed by atoms with van der Waals surface area (Å²) in [5.74, 6) is 0.188. The molecule has 0 amide bonds. The van der Waals surface area contributed by atoms with Gasteiger partial charge in [0.25, 0.3) is 0 Å². The van der Waals surface area contributed by atoms with Crippen molar-refractivity contribution in [2.75, 3.05) is 0 Å². The number of ketones is 1. The third kappa shape index (κ3) is 1.44. The summed E-state index contributed by atoms with van der Waals surface area (Å²) < 4.78 is 0. The van der Waals surface area contributed by atoms with E-state index >= 15 is 0 Å². The number of hydrogen-bond acceptors (Lipinski definition) is 2. The molecule has 2 nitrogen and oxygen atoms in total. The zero-order valence-corrected chi connectivity index (χ0v) is 8.05. The lowest BCUT2D eigenvalue weighted by molar-refractivity contribution is -0.116. The second kappa shape index (κ2) is 2.95. The molecule has 0 aromatic rings. The molecule has 0 spiro atoms. The van der Waals surface area contributed by atoms with Gasteiger partial charge in [-0.2, -0.15) is 0 Å². The highest BCUT2D eigenvalue weighted by Gasteiger charge is 2.39. The molecular weight excluding hydrogens is 164 g/mol. The van der Waals surface area contributed by atoms with Crippen molar-refractivity contribution in [3.63, 3.8) is 0 Å². The van der Waals surface area contributed by atoms with Gasteiger partial charge in [-0.3, -0.25) is 4.79 Å². The first-order valence-electron chi connectivity index (χ1n) is 5.05. The van der Waals surface area contributed by atoms with E-state index in [1.54, 1.807) is 6.08 Å². The molecule has 72 valence electrons. The molecular formula is C11H16O2. The van der Waals surface area contributed by atoms with Crippen molar-refractivity contribution in [1.29, 1.82) is 0 Å². The minimum Gasteiger partial charge on any atom is -0.389 e. The number of rotatable bonds is 0. The Kier molecular flexibility index (Phi) is 2.03. The molecule has 0 aromatic heterocycles. The molecule has 0 aromatic carbocycles. The summed E-state index contributed by atoms with van der Waals surface area (Å²) in [7, 11) is 0. The van der Waals surface area contributed by atoms with Crippen molar-refractivity contribution in [2.24, 2.45) is 5.41 Å². The number of hydrogen-bond donors (Lipinski definition) is 1. The smallest absolute Gasteiger partial charge is 0.155 e. The van der Waals surface area contributed by atoms with E-state index in [2.05, 4.69) is 6.92 Å². The number of aliphatic hydroxyl groups excluding tert-OH is 1. The molecule has 1 N–H and O–H groups in total. The van der Waals surface area contributed by atoms with Gasteiger partial charge in [0.2, 0.25) is 0 Å². The Morgan fingerprint density at radius 2 is 2.31 bits per heavy atom. The number of fused-ring (bicyclic) bond motifs is 1. The van der Waals surface area contributed by atoms with Crippen molar-refractivity contribution < 1.29 is 9.90 Å². The molecule has 0 radical (unpaired) electrons. The van der Waals surface area contributed by atoms with Gasteiger partial charge in [-0.15, -0.1) is 0 Å². The standard InChI is InChI=1S/C11H16O2/c1-11-5-2-3-10(13)9(11)7-8(12)4-6-11/h7,10,13H,2-6H2,1H3/t10-,11+/m1/s1. The Morgan fingerprint density at radius 1 is 1.54 bits per heavy atom. The SMILES string of the molecule is C[C@@]12CCC[C@@H](O)C1=CC(=O)CC2. The highest BCUT2D eigenvalue weighted by Crippen LogP contribution is 2.46. The van der Waals surface area contributed by atoms with E-state index < -0.39 is 0 Å². The van der Waals surface area contributed by atoms with Crippen LogP contribution in [0.25, 0.3) is 0 Å². The van der Waals surface area contributed by atoms with Gasteiger partial charge in [0.05, 0.1) is 6.10 Å². The third-order valence-electron chi connectivity index (χ3n) is 3.50. The van der Waals surface area contributed by atoms with Gasteiger partial charge in [-0.25, -0.2) is 0 Å². The fourth-order valence-corrected chi connectivity index (χ4v) is 2.57. The van der Waals surface area contributed by atoms with Crippen LogP contribution in [-0.4, -0.2) is 17.0 Å². The predicted molar refractivity (Wildman–Crippen MR) is 50.3 cm³/mol. The van der Waals surface area contributed by atoms with E-state index in [1.165, 1.54) is 0 Å². The quantitative estimate of drug-likeness (QED) is 0.617. The van der Waals surface area contributed by atoms with Gasteiger partial charge in [0.15, 0.2) is 5.78 Å². The molecule has 0 aliphatic heterocycles. The summed E-state index contributed by atoms with van der Waals surface area (Å²) in [4.78, 5) is 11.2. The molecule has 2 aliphatic rings. The van der Waals surface area contributed by atoms with Crippen LogP contribution >= 0.6 is 0 Å². The molecule has 2 atom stereocenters. The van der Waals surface area contributed by atoms with Crippen LogP contribution in [0.4, 0.5) is 0 Å². The van der Waals surface area contributed by atoms with Crippen molar-refractivity contribution in [1.82, 2.24) is 0 Å². The summed E-state index contributed by atoms with van der Waals surface area (Å²) in [5.41, 5.74) is 1.11. The molecule has 1 saturated carbocycles. The second-order valence-corrected chi connectivity index (χ2v) is 4.53. The molecule has 0 saturated heterocycles. The second-order valence-electron chi connectivity index (χ2n) is 4.53. The lowest BCUT2D eigenvalue weighted by atomic mass is 9.65. The molecule has 2 heteroatoms. The Labute approximate surface area is 78.6 Å². The maximum Gasteiger partial charge on any atom is 0.155 e. The minimum absolute atomic E-state index is 0.117. The monoisotopic (exact) mass is 180 g/mol. The Balaban J connectivity index is 2.34. The minimum atomic E-state index is -0.358. The normalized spacial score (nSPS) is 39.7. The Bertz CT molecular complexity index is 267. The first kappa shape index (κ1) is 8.95. The maximum atomic E-state index is 11.2. The molecule has 2 aliphatic carbocycles. The van der Waals surface area contributed by atoms with Gasteiger partial charge in [-0.1, -0.05) is 6.92 Å². The first-order chi connectivity index (χ1) is 6.12. The van der Waals surface area contributed by atoms with E-state index in [9.17, 15) is 9.90 Å². The van der Waals surface area contributed by atoms with Crippen molar-refractivity contribution >= 4 is 5.78 Å². The van der Waals surface area contributed by atoms with Crippen LogP contribution in [0.3, 0.4) is 0 Å². The lowest BCUT2D eigenvalue weighted by Gasteiger charge is -2.41. The molecule has 1 fully saturated rings. The van der Waals surface area contributed by atoms with Crippen LogP contribution in [0.1, 0.15) is 39.0 Å². The summed E-state index contributed by atoms with van der Waals surface area (Å²) in [6.07, 6.45) is 5.96. The number of carbonyl (C=O) groups excluding carboxylic acids is 1. The predicted octanol–water partition coefficient (Wildman–Crippen LogP) is 1.83. The molecule has 0 heterocycles. The van der Waals surface area contributed by atoms with Gasteiger partial charge >= 0.3 is 0 Å². The van der Waals surface area contributed by atoms with Crippen LogP contribution in [0.5, 0.6) is 0 Å². The van der Waals surface area contributed by atoms with E-state index in [4.69, 9.17) is 0 Å². The van der Waals surface area contributed by atoms with Crippen molar-refractivity contribution in [2.45, 2.75) is 45.1 Å². The first-order valence-corrected chi connectivity index (χ1v) is 5.05. The number of aliphatic hydroxyl groups is 1. The fraction of sp³-hybridized carbons (Fsp3) is 0.727. The highest BCUT2D eigenvalue weighted by atomic mass is 16.3. The average Bonchev–Trinajstić information content (AvgIpc) is 2.08. The Hall–Kier alpha value is -0.630. The zero-order valence-electron chi connectivity index (χ0n) is 8.05. The van der Waals surface area contributed by atoms with E-state index in [0.29, 0.717) is 6.42 Å². The van der Waals surface area contributed by atoms with Gasteiger partial charge < -0.3 is 5.11 Å². The van der Waals surface area contributed by atoms with E-state index in [0.717, 1.165) is 31.3 Å². The third-order valence-corrected chi connectivity index (χ3v) is 3.50. The van der Waals surface area contributed by atoms with Gasteiger partial charge in [0.1, 0.15) is 0 Å². The number of carbonyl (C=O) groups is 1. The summed E-state index contributed by atoms with van der Waals surface area (Å²) in [5, 5.41) is 9.77. The highest BCUT2D eigenvalue weighted by molar-refractivity contribution is 5.91. The largest absolute Gasteiger partial charge is 0.389 e. The van der Waals surface area contributed by atoms with E-state index in [1.807, 2.05) is 0 Å². The summed E-state index contributed by atoms with van der Waals surface area (Å²) >= 11 is 0. The van der Waals surface area contributed by atoms with Gasteiger partial charge in [0, 0.05) is 6.42 Å². The zero-order chi connectivity index (χ0) is 9.47. The van der Waals surface area contributed by atoms with Crippen molar-refractivity contribution in [3.05, 3.63) is 11.6 Å². The fourth-order valence-electron chi connectivity index (χ4n) is 2.57. The van der Waals surface area contributed by atoms with Gasteiger partial charge in [-0.05, 0) is 42.7 Å².